The second kappa shape index (κ2) is 31.0. The van der Waals surface area contributed by atoms with Gasteiger partial charge in [-0.2, -0.15) is 0 Å². The van der Waals surface area contributed by atoms with E-state index in [1.165, 1.54) is 25.7 Å². The Hall–Kier alpha value is -2.18. The van der Waals surface area contributed by atoms with Crippen molar-refractivity contribution in [3.63, 3.8) is 0 Å². The number of phosphoric ester groups is 1. The van der Waals surface area contributed by atoms with Crippen LogP contribution >= 0.6 is 7.82 Å². The van der Waals surface area contributed by atoms with E-state index in [2.05, 4.69) is 42.7 Å². The first-order valence-corrected chi connectivity index (χ1v) is 22.0. The predicted molar refractivity (Wildman–Crippen MR) is 209 cm³/mol. The van der Waals surface area contributed by atoms with E-state index in [0.717, 1.165) is 57.8 Å². The monoisotopic (exact) mass is 786 g/mol. The Bertz CT molecular complexity index is 1150. The topological polar surface area (TPSA) is 197 Å². The van der Waals surface area contributed by atoms with Crippen molar-refractivity contribution in [1.29, 1.82) is 0 Å². The highest BCUT2D eigenvalue weighted by molar-refractivity contribution is 7.46. The number of hydrogen-bond donors (Lipinski definition) is 5. The van der Waals surface area contributed by atoms with Gasteiger partial charge in [0.1, 0.15) is 12.4 Å². The maximum atomic E-state index is 12.7. The second-order valence-electron chi connectivity index (χ2n) is 14.6. The fourth-order valence-corrected chi connectivity index (χ4v) is 6.84. The molecule has 1 rings (SSSR count). The Balaban J connectivity index is 2.34. The molecule has 0 amide bonds. The van der Waals surface area contributed by atoms with Gasteiger partial charge in [-0.15, -0.1) is 0 Å². The molecule has 1 saturated carbocycles. The van der Waals surface area contributed by atoms with Gasteiger partial charge in [0.05, 0.1) is 24.9 Å². The van der Waals surface area contributed by atoms with E-state index in [1.807, 2.05) is 0 Å². The molecule has 1 fully saturated rings. The third kappa shape index (κ3) is 26.6. The minimum Gasteiger partial charge on any atom is -0.462 e. The molecule has 0 aromatic carbocycles. The molecule has 5 N–H and O–H groups in total. The molecule has 0 heterocycles. The molecule has 0 bridgehead atoms. The van der Waals surface area contributed by atoms with E-state index in [4.69, 9.17) is 19.3 Å². The van der Waals surface area contributed by atoms with Gasteiger partial charge in [-0.3, -0.25) is 18.9 Å². The fourth-order valence-electron chi connectivity index (χ4n) is 6.48. The van der Waals surface area contributed by atoms with Crippen LogP contribution < -0.4 is 0 Å². The van der Waals surface area contributed by atoms with Crippen molar-refractivity contribution in [1.82, 2.24) is 0 Å². The van der Waals surface area contributed by atoms with Crippen LogP contribution in [0.3, 0.4) is 0 Å². The van der Waals surface area contributed by atoms with Crippen molar-refractivity contribution >= 4 is 25.5 Å². The SMILES string of the molecule is CCCCCC/C=C\C=C/CCCCCCCC(=O)O[C@H](COC(=O)CCCCC(=O)C[C@@H]1[C@@H](/C=C/[C@@H](O)CCCCC)[C@H](O)C[C@@H]1O)COP(=O)(O)O. The number of carbonyl (C=O) groups is 3. The van der Waals surface area contributed by atoms with Crippen LogP contribution in [0.4, 0.5) is 0 Å². The van der Waals surface area contributed by atoms with Crippen LogP contribution in [0, 0.1) is 11.8 Å². The first-order chi connectivity index (χ1) is 25.9. The third-order valence-corrected chi connectivity index (χ3v) is 10.1. The van der Waals surface area contributed by atoms with Gasteiger partial charge < -0.3 is 34.6 Å². The molecule has 0 radical (unpaired) electrons. The first kappa shape index (κ1) is 49.8. The summed E-state index contributed by atoms with van der Waals surface area (Å²) >= 11 is 0. The van der Waals surface area contributed by atoms with E-state index in [0.29, 0.717) is 25.7 Å². The van der Waals surface area contributed by atoms with Gasteiger partial charge in [0.2, 0.25) is 0 Å². The molecule has 0 spiro atoms. The van der Waals surface area contributed by atoms with Crippen molar-refractivity contribution in [2.24, 2.45) is 11.8 Å². The summed E-state index contributed by atoms with van der Waals surface area (Å²) in [6.07, 6.45) is 25.0. The number of aliphatic hydroxyl groups excluding tert-OH is 3. The smallest absolute Gasteiger partial charge is 0.462 e. The minimum atomic E-state index is -4.85. The van der Waals surface area contributed by atoms with Crippen molar-refractivity contribution in [2.75, 3.05) is 13.2 Å². The van der Waals surface area contributed by atoms with Crippen molar-refractivity contribution in [2.45, 2.75) is 180 Å². The maximum absolute atomic E-state index is 12.7. The molecule has 12 nitrogen and oxygen atoms in total. The Labute approximate surface area is 324 Å². The van der Waals surface area contributed by atoms with E-state index >= 15 is 0 Å². The summed E-state index contributed by atoms with van der Waals surface area (Å²) in [6.45, 7) is 3.21. The molecule has 0 aromatic rings. The van der Waals surface area contributed by atoms with E-state index in [9.17, 15) is 34.3 Å². The second-order valence-corrected chi connectivity index (χ2v) is 15.8. The van der Waals surface area contributed by atoms with Crippen LogP contribution in [0.2, 0.25) is 0 Å². The van der Waals surface area contributed by atoms with E-state index < -0.39 is 69.2 Å². The quantitative estimate of drug-likeness (QED) is 0.0143. The average molecular weight is 787 g/mol. The first-order valence-electron chi connectivity index (χ1n) is 20.5. The molecule has 1 aliphatic carbocycles. The molecule has 0 unspecified atom stereocenters. The predicted octanol–water partition coefficient (Wildman–Crippen LogP) is 7.74. The lowest BCUT2D eigenvalue weighted by Crippen LogP contribution is -2.29. The molecule has 0 aliphatic heterocycles. The zero-order valence-corrected chi connectivity index (χ0v) is 33.8. The molecular formula is C41H71O12P. The highest BCUT2D eigenvalue weighted by Gasteiger charge is 2.41. The zero-order valence-electron chi connectivity index (χ0n) is 32.9. The van der Waals surface area contributed by atoms with Crippen LogP contribution in [-0.2, 0) is 32.9 Å². The van der Waals surface area contributed by atoms with Gasteiger partial charge in [0.25, 0.3) is 0 Å². The van der Waals surface area contributed by atoms with E-state index in [1.54, 1.807) is 12.2 Å². The van der Waals surface area contributed by atoms with Gasteiger partial charge in [-0.25, -0.2) is 4.57 Å². The Morgan fingerprint density at radius 2 is 1.31 bits per heavy atom. The van der Waals surface area contributed by atoms with Gasteiger partial charge in [0.15, 0.2) is 6.10 Å². The molecule has 1 aliphatic rings. The summed E-state index contributed by atoms with van der Waals surface area (Å²) in [5.41, 5.74) is 0. The standard InChI is InChI=1S/C41H71O12P/c1-3-5-7-8-9-10-11-12-13-14-15-16-17-18-20-26-41(47)53-35(32-52-54(48,49)50)31-51-40(46)25-22-21-24-34(43)29-37-36(38(44)30-39(37)45)28-27-33(42)23-19-6-4-2/h10-13,27-28,33,35-39,42,44-45H,3-9,14-26,29-32H2,1-2H3,(H2,48,49,50)/b11-10-,13-12-,28-27+/t33-,35+,36+,37+,38+,39-/m0/s1. The van der Waals surface area contributed by atoms with Crippen molar-refractivity contribution in [3.05, 3.63) is 36.5 Å². The summed E-state index contributed by atoms with van der Waals surface area (Å²) in [6, 6.07) is 0. The van der Waals surface area contributed by atoms with Crippen LogP contribution in [-0.4, -0.2) is 80.5 Å². The average Bonchev–Trinajstić information content (AvgIpc) is 3.38. The van der Waals surface area contributed by atoms with Gasteiger partial charge in [-0.1, -0.05) is 108 Å². The number of ketones is 1. The number of hydrogen-bond acceptors (Lipinski definition) is 10. The zero-order chi connectivity index (χ0) is 40.0. The van der Waals surface area contributed by atoms with Gasteiger partial charge in [-0.05, 0) is 51.4 Å². The van der Waals surface area contributed by atoms with Crippen molar-refractivity contribution in [3.8, 4) is 0 Å². The van der Waals surface area contributed by atoms with Gasteiger partial charge in [0, 0.05) is 43.9 Å². The molecule has 0 saturated heterocycles. The number of unbranched alkanes of at least 4 members (excludes halogenated alkanes) is 12. The Kier molecular flexibility index (Phi) is 28.6. The molecule has 6 atom stereocenters. The fraction of sp³-hybridized carbons (Fsp3) is 0.780. The lowest BCUT2D eigenvalue weighted by molar-refractivity contribution is -0.161. The summed E-state index contributed by atoms with van der Waals surface area (Å²) in [5, 5.41) is 31.1. The molecule has 312 valence electrons. The Morgan fingerprint density at radius 3 is 1.98 bits per heavy atom. The maximum Gasteiger partial charge on any atom is 0.469 e. The summed E-state index contributed by atoms with van der Waals surface area (Å²) < 4.78 is 26.2. The number of esters is 2. The van der Waals surface area contributed by atoms with Crippen LogP contribution in [0.15, 0.2) is 36.5 Å². The van der Waals surface area contributed by atoms with Crippen LogP contribution in [0.1, 0.15) is 155 Å². The molecular weight excluding hydrogens is 715 g/mol. The normalized spacial score (nSPS) is 20.3. The van der Waals surface area contributed by atoms with Crippen LogP contribution in [0.5, 0.6) is 0 Å². The Morgan fingerprint density at radius 1 is 0.741 bits per heavy atom. The highest BCUT2D eigenvalue weighted by atomic mass is 31.2. The molecule has 0 aromatic heterocycles. The van der Waals surface area contributed by atoms with E-state index in [-0.39, 0.29) is 37.9 Å². The number of aliphatic hydroxyl groups is 3. The lowest BCUT2D eigenvalue weighted by atomic mass is 9.87. The molecule has 54 heavy (non-hydrogen) atoms. The largest absolute Gasteiger partial charge is 0.469 e. The van der Waals surface area contributed by atoms with Crippen molar-refractivity contribution < 1.29 is 58.1 Å². The molecule has 13 heteroatoms. The number of ether oxygens (including phenoxy) is 2. The number of allylic oxidation sites excluding steroid dienone is 4. The third-order valence-electron chi connectivity index (χ3n) is 9.64. The summed E-state index contributed by atoms with van der Waals surface area (Å²) in [7, 11) is -4.85. The lowest BCUT2D eigenvalue weighted by Gasteiger charge is -2.20. The number of carbonyl (C=O) groups excluding carboxylic acids is 3. The number of Topliss-reactive ketones (excluding diaryl/α,β-unsaturated/α-hetero) is 1. The van der Waals surface area contributed by atoms with Gasteiger partial charge >= 0.3 is 19.8 Å². The summed E-state index contributed by atoms with van der Waals surface area (Å²) in [5.74, 6) is -2.19. The number of rotatable bonds is 33. The summed E-state index contributed by atoms with van der Waals surface area (Å²) in [4.78, 5) is 55.7. The van der Waals surface area contributed by atoms with Crippen LogP contribution in [0.25, 0.3) is 0 Å². The highest BCUT2D eigenvalue weighted by Crippen LogP contribution is 2.37. The number of phosphoric acid groups is 1. The minimum absolute atomic E-state index is 0.0229.